The number of rotatable bonds is 0. The number of halogens is 2. The van der Waals surface area contributed by atoms with Gasteiger partial charge >= 0.3 is 28.4 Å². The number of allylic oxidation sites excluding steroid dienone is 4. The molecule has 1 fully saturated rings. The Bertz CT molecular complexity index is 887. The molecule has 0 spiro atoms. The van der Waals surface area contributed by atoms with E-state index in [2.05, 4.69) is 101 Å². The molecule has 5 rings (SSSR count). The van der Waals surface area contributed by atoms with Crippen LogP contribution in [0.4, 0.5) is 0 Å². The van der Waals surface area contributed by atoms with Gasteiger partial charge < -0.3 is 13.8 Å². The molecule has 3 heteroatoms. The summed E-state index contributed by atoms with van der Waals surface area (Å²) in [6, 6.07) is 15.2. The van der Waals surface area contributed by atoms with Crippen LogP contribution in [0.2, 0.25) is 0 Å². The third-order valence-electron chi connectivity index (χ3n) is 6.37. The molecule has 1 saturated carbocycles. The fourth-order valence-corrected chi connectivity index (χ4v) is 4.27. The van der Waals surface area contributed by atoms with Gasteiger partial charge in [0.1, 0.15) is 0 Å². The molecule has 206 valence electrons. The van der Waals surface area contributed by atoms with Crippen LogP contribution >= 0.6 is 24.8 Å². The van der Waals surface area contributed by atoms with Crippen molar-refractivity contribution in [3.05, 3.63) is 96.8 Å². The van der Waals surface area contributed by atoms with Gasteiger partial charge in [0.15, 0.2) is 0 Å². The van der Waals surface area contributed by atoms with E-state index in [1.165, 1.54) is 89.7 Å². The Balaban J connectivity index is 0. The molecule has 0 unspecified atom stereocenters. The summed E-state index contributed by atoms with van der Waals surface area (Å²) in [7, 11) is 0. The molecule has 3 aliphatic rings. The van der Waals surface area contributed by atoms with Crippen molar-refractivity contribution in [3.8, 4) is 11.1 Å². The summed E-state index contributed by atoms with van der Waals surface area (Å²) < 4.78 is 3.34. The Morgan fingerprint density at radius 3 is 1.86 bits per heavy atom. The van der Waals surface area contributed by atoms with Crippen LogP contribution in [0.15, 0.2) is 48.6 Å². The van der Waals surface area contributed by atoms with Crippen molar-refractivity contribution in [2.45, 2.75) is 97.3 Å². The average molecular weight is 619 g/mol. The average Bonchev–Trinajstić information content (AvgIpc) is 3.51. The molecule has 0 N–H and O–H groups in total. The Labute approximate surface area is 257 Å². The van der Waals surface area contributed by atoms with E-state index >= 15 is 0 Å². The van der Waals surface area contributed by atoms with Gasteiger partial charge in [-0.3, -0.25) is 6.08 Å². The zero-order valence-electron chi connectivity index (χ0n) is 24.2. The van der Waals surface area contributed by atoms with E-state index < -0.39 is 0 Å². The molecule has 2 aromatic carbocycles. The maximum Gasteiger partial charge on any atom is -0.358 e. The fraction of sp³-hybridized carbons (Fsp3) is 0.441. The van der Waals surface area contributed by atoms with E-state index in [0.717, 1.165) is 12.8 Å². The molecule has 0 radical (unpaired) electrons. The second-order valence-corrected chi connectivity index (χ2v) is 11.2. The summed E-state index contributed by atoms with van der Waals surface area (Å²) in [6.07, 6.45) is 20.5. The predicted molar refractivity (Wildman–Crippen MR) is 168 cm³/mol. The maximum absolute atomic E-state index is 3.67. The second-order valence-electron chi connectivity index (χ2n) is 11.2. The molecule has 0 bridgehead atoms. The van der Waals surface area contributed by atoms with Gasteiger partial charge in [0.05, 0.1) is 0 Å². The summed E-state index contributed by atoms with van der Waals surface area (Å²) >= 11 is 1.30. The number of fused-ring (bicyclic) bond motifs is 3. The van der Waals surface area contributed by atoms with Gasteiger partial charge in [-0.25, -0.2) is 12.2 Å². The smallest absolute Gasteiger partial charge is 0.358 e. The maximum atomic E-state index is 3.67. The number of hydrogen-bond acceptors (Lipinski definition) is 0. The largest absolute Gasteiger partial charge is 0.358 e. The summed E-state index contributed by atoms with van der Waals surface area (Å²) in [5, 5.41) is 0. The first kappa shape index (κ1) is 38.4. The molecule has 37 heavy (non-hydrogen) atoms. The minimum absolute atomic E-state index is 0. The van der Waals surface area contributed by atoms with E-state index in [1.807, 2.05) is 12.2 Å². The first-order chi connectivity index (χ1) is 16.2. The zero-order chi connectivity index (χ0) is 25.2. The van der Waals surface area contributed by atoms with Crippen LogP contribution < -0.4 is 0 Å². The minimum atomic E-state index is 0. The Kier molecular flexibility index (Phi) is 19.2. The first-order valence-electron chi connectivity index (χ1n) is 12.7. The van der Waals surface area contributed by atoms with Crippen molar-refractivity contribution < 1.29 is 24.2 Å². The molecule has 3 aliphatic carbocycles. The topological polar surface area (TPSA) is 0 Å². The van der Waals surface area contributed by atoms with Crippen LogP contribution in [0, 0.1) is 26.0 Å². The molecule has 0 aromatic heterocycles. The van der Waals surface area contributed by atoms with Gasteiger partial charge in [0.25, 0.3) is 0 Å². The number of hydrogen-bond donors (Lipinski definition) is 0. The van der Waals surface area contributed by atoms with Gasteiger partial charge in [-0.2, -0.15) is 42.7 Å². The van der Waals surface area contributed by atoms with Crippen molar-refractivity contribution in [2.75, 3.05) is 0 Å². The van der Waals surface area contributed by atoms with Crippen LogP contribution in [0.1, 0.15) is 102 Å². The summed E-state index contributed by atoms with van der Waals surface area (Å²) in [6.45, 7) is 13.6. The van der Waals surface area contributed by atoms with Gasteiger partial charge in [-0.15, -0.1) is 42.4 Å². The molecular formula is C34H48Cl2Zr-4. The van der Waals surface area contributed by atoms with Crippen molar-refractivity contribution in [1.82, 2.24) is 0 Å². The van der Waals surface area contributed by atoms with Gasteiger partial charge in [0.2, 0.25) is 0 Å². The normalized spacial score (nSPS) is 14.3. The third-order valence-corrected chi connectivity index (χ3v) is 6.37. The van der Waals surface area contributed by atoms with E-state index in [1.54, 1.807) is 0 Å². The molecule has 0 nitrogen and oxygen atoms in total. The third kappa shape index (κ3) is 12.3. The quantitative estimate of drug-likeness (QED) is 0.220. The Morgan fingerprint density at radius 2 is 1.46 bits per heavy atom. The summed E-state index contributed by atoms with van der Waals surface area (Å²) in [5.41, 5.74) is 8.70. The van der Waals surface area contributed by atoms with Crippen LogP contribution in [0.3, 0.4) is 0 Å². The Hall–Kier alpha value is -0.747. The molecular weight excluding hydrogens is 571 g/mol. The molecule has 0 heterocycles. The van der Waals surface area contributed by atoms with E-state index in [-0.39, 0.29) is 43.1 Å². The van der Waals surface area contributed by atoms with E-state index in [9.17, 15) is 0 Å². The monoisotopic (exact) mass is 616 g/mol. The van der Waals surface area contributed by atoms with Crippen molar-refractivity contribution >= 4 is 29.0 Å². The minimum Gasteiger partial charge on any atom is -0.358 e. The van der Waals surface area contributed by atoms with Crippen LogP contribution in [-0.4, -0.2) is 4.21 Å². The second kappa shape index (κ2) is 18.5. The van der Waals surface area contributed by atoms with E-state index in [4.69, 9.17) is 0 Å². The molecule has 0 atom stereocenters. The SMILES string of the molecule is CC(C)(C)c1[c-]c2c(cc1)-c1ccc(C(C)(C)C)cc1C2.Cl.Cl.[C-]1=CC=CC1.[CH-]1CCCCC1.[CH2]=[Zr].[CH3-]. The zero-order valence-corrected chi connectivity index (χ0v) is 28.3. The van der Waals surface area contributed by atoms with E-state index in [0.29, 0.717) is 0 Å². The van der Waals surface area contributed by atoms with Crippen LogP contribution in [0.25, 0.3) is 11.1 Å². The standard InChI is InChI=1S/C21H25.C6H11.C5H5.CH3.CH2.2ClH.Zr/c1-20(2,3)16-7-9-18-14(12-16)11-15-13-17(21(4,5)6)8-10-19(15)18;1-2-4-6-5-3-1;1-2-4-5-3-1;;;;;/h7-10,12H,11H2,1-6H3;1H,2-6H2;1-3H,4H2;1H3;1H2;2*1H;/q4*-1;;;;. The molecule has 0 amide bonds. The Morgan fingerprint density at radius 1 is 0.838 bits per heavy atom. The van der Waals surface area contributed by atoms with Crippen LogP contribution in [0.5, 0.6) is 0 Å². The molecule has 2 aromatic rings. The molecule has 0 aliphatic heterocycles. The van der Waals surface area contributed by atoms with Gasteiger partial charge in [-0.1, -0.05) is 84.6 Å². The van der Waals surface area contributed by atoms with Gasteiger partial charge in [-0.05, 0) is 28.4 Å². The number of benzene rings is 2. The van der Waals surface area contributed by atoms with Crippen molar-refractivity contribution in [1.29, 1.82) is 0 Å². The fourth-order valence-electron chi connectivity index (χ4n) is 4.27. The van der Waals surface area contributed by atoms with Gasteiger partial charge in [0, 0.05) is 0 Å². The summed E-state index contributed by atoms with van der Waals surface area (Å²) in [4.78, 5) is 0. The van der Waals surface area contributed by atoms with Crippen molar-refractivity contribution in [2.24, 2.45) is 0 Å². The van der Waals surface area contributed by atoms with Crippen molar-refractivity contribution in [3.63, 3.8) is 0 Å². The molecule has 0 saturated heterocycles. The summed E-state index contributed by atoms with van der Waals surface area (Å²) in [5.74, 6) is 0. The van der Waals surface area contributed by atoms with Crippen LogP contribution in [-0.2, 0) is 41.5 Å². The predicted octanol–water partition coefficient (Wildman–Crippen LogP) is 10.4. The first-order valence-corrected chi connectivity index (χ1v) is 14.5.